The third-order valence-electron chi connectivity index (χ3n) is 11.9. The molecule has 3 N–H and O–H groups in total. The standard InChI is InChI=1S/C39H48N8O5S.C4H7NO3S/c1-22(2)29-20-53-37(43-29)28-17-32(26-14-15-31(51-6)23(3)33(26)41-28)52-25-16-30-35(48)44-39(4)18-24(39)12-10-8-7-9-11-13-27(38(50)47(30)19-25)42-36(49)34-40-21-46(5)45-34;6-3-5-9(7,8)4-1-2-4/h10,12,14-15,17,20-22,24-25,27,30H,7-9,11,13,16,18-19H2,1-6H3,(H,42,49)(H,44,48);3-4H,1-2H2,(H,5,6)/b12-10-;/t24-,25-,27+,30?,39-;/m1./s1. The van der Waals surface area contributed by atoms with E-state index >= 15 is 0 Å². The number of sulfonamides is 1. The SMILES string of the molecule is COc1ccc2c(O[C@@H]3CC4C(=O)N[C@]5(C)C[C@H]5/C=C\CCCCC[C@H](NC(=O)c5ncn(C)n5)C(=O)N4C3)cc(-c3nc(C(C)C)cs3)nc2c1C.O=CNS(=O)(=O)C1CC1. The first-order valence-electron chi connectivity index (χ1n) is 21.1. The lowest BCUT2D eigenvalue weighted by molar-refractivity contribution is -0.140. The van der Waals surface area contributed by atoms with Gasteiger partial charge in [-0.25, -0.2) is 23.4 Å². The zero-order valence-corrected chi connectivity index (χ0v) is 37.6. The van der Waals surface area contributed by atoms with Crippen LogP contribution in [0.25, 0.3) is 21.6 Å². The Hall–Kier alpha value is -5.43. The van der Waals surface area contributed by atoms with Crippen molar-refractivity contribution >= 4 is 56.4 Å². The van der Waals surface area contributed by atoms with E-state index in [1.54, 1.807) is 23.8 Å². The number of benzene rings is 1. The van der Waals surface area contributed by atoms with E-state index in [1.165, 1.54) is 22.3 Å². The monoisotopic (exact) mass is 889 g/mol. The Bertz CT molecular complexity index is 2460. The second-order valence-corrected chi connectivity index (χ2v) is 19.9. The van der Waals surface area contributed by atoms with Crippen LogP contribution in [0.5, 0.6) is 11.5 Å². The molecular weight excluding hydrogens is 835 g/mol. The molecule has 3 fully saturated rings. The molecule has 0 spiro atoms. The zero-order valence-electron chi connectivity index (χ0n) is 35.9. The lowest BCUT2D eigenvalue weighted by Crippen LogP contribution is -2.55. The van der Waals surface area contributed by atoms with Crippen LogP contribution in [0, 0.1) is 12.8 Å². The van der Waals surface area contributed by atoms with Crippen molar-refractivity contribution in [2.24, 2.45) is 13.0 Å². The third kappa shape index (κ3) is 10.1. The number of nitrogens with zero attached hydrogens (tertiary/aromatic N) is 6. The van der Waals surface area contributed by atoms with E-state index in [0.717, 1.165) is 59.3 Å². The number of nitrogens with one attached hydrogen (secondary N) is 3. The fourth-order valence-electron chi connectivity index (χ4n) is 7.93. The van der Waals surface area contributed by atoms with Gasteiger partial charge in [-0.2, -0.15) is 0 Å². The van der Waals surface area contributed by atoms with Crippen molar-refractivity contribution in [3.8, 4) is 22.2 Å². The Morgan fingerprint density at radius 1 is 1.11 bits per heavy atom. The number of rotatable bonds is 10. The van der Waals surface area contributed by atoms with Gasteiger partial charge in [0, 0.05) is 47.3 Å². The van der Waals surface area contributed by atoms with Gasteiger partial charge in [0.1, 0.15) is 46.7 Å². The van der Waals surface area contributed by atoms with Crippen LogP contribution in [0.15, 0.2) is 42.1 Å². The molecule has 5 atom stereocenters. The summed E-state index contributed by atoms with van der Waals surface area (Å²) in [5, 5.41) is 13.6. The number of methoxy groups -OCH3 is 1. The van der Waals surface area contributed by atoms with E-state index in [1.807, 2.05) is 25.1 Å². The topological polar surface area (TPSA) is 217 Å². The zero-order chi connectivity index (χ0) is 44.3. The minimum atomic E-state index is -3.26. The molecule has 17 nitrogen and oxygen atoms in total. The predicted molar refractivity (Wildman–Crippen MR) is 233 cm³/mol. The van der Waals surface area contributed by atoms with Crippen molar-refractivity contribution in [3.63, 3.8) is 0 Å². The fourth-order valence-corrected chi connectivity index (χ4v) is 9.95. The number of allylic oxidation sites excluding steroid dienone is 1. The van der Waals surface area contributed by atoms with Crippen molar-refractivity contribution in [1.82, 2.24) is 45.0 Å². The summed E-state index contributed by atoms with van der Waals surface area (Å²) in [5.74, 6) is 0.715. The highest BCUT2D eigenvalue weighted by atomic mass is 32.2. The number of aromatic nitrogens is 5. The molecule has 1 unspecified atom stereocenters. The molecule has 4 aromatic rings. The summed E-state index contributed by atoms with van der Waals surface area (Å²) >= 11 is 1.53. The number of thiazole rings is 1. The van der Waals surface area contributed by atoms with Crippen molar-refractivity contribution in [2.45, 2.75) is 120 Å². The molecule has 1 saturated heterocycles. The summed E-state index contributed by atoms with van der Waals surface area (Å²) in [5.41, 5.74) is 2.88. The van der Waals surface area contributed by atoms with Gasteiger partial charge in [-0.3, -0.25) is 28.6 Å². The van der Waals surface area contributed by atoms with Gasteiger partial charge in [0.05, 0.1) is 30.1 Å². The van der Waals surface area contributed by atoms with E-state index in [9.17, 15) is 27.6 Å². The molecule has 2 saturated carbocycles. The van der Waals surface area contributed by atoms with Crippen LogP contribution in [0.1, 0.15) is 106 Å². The number of hydrogen-bond acceptors (Lipinski definition) is 13. The molecule has 2 aliphatic carbocycles. The fraction of sp³-hybridized carbons (Fsp3) is 0.535. The van der Waals surface area contributed by atoms with Gasteiger partial charge in [0.25, 0.3) is 5.91 Å². The average molecular weight is 890 g/mol. The number of aryl methyl sites for hydroxylation is 2. The molecule has 5 heterocycles. The number of hydrogen-bond donors (Lipinski definition) is 3. The normalized spacial score (nSPS) is 24.7. The molecule has 0 bridgehead atoms. The Labute approximate surface area is 365 Å². The summed E-state index contributed by atoms with van der Waals surface area (Å²) in [4.78, 5) is 67.3. The molecule has 1 aromatic carbocycles. The van der Waals surface area contributed by atoms with Crippen molar-refractivity contribution in [1.29, 1.82) is 0 Å². The van der Waals surface area contributed by atoms with Gasteiger partial charge in [-0.1, -0.05) is 38.8 Å². The van der Waals surface area contributed by atoms with E-state index in [4.69, 9.17) is 19.4 Å². The summed E-state index contributed by atoms with van der Waals surface area (Å²) in [6.45, 7) is 8.40. The quantitative estimate of drug-likeness (QED) is 0.146. The first-order valence-corrected chi connectivity index (χ1v) is 23.5. The Balaban J connectivity index is 0.000000572. The van der Waals surface area contributed by atoms with Gasteiger partial charge in [0.2, 0.25) is 34.1 Å². The Kier molecular flexibility index (Phi) is 13.3. The molecular formula is C43H55N9O8S2. The molecule has 332 valence electrons. The highest BCUT2D eigenvalue weighted by Crippen LogP contribution is 2.45. The van der Waals surface area contributed by atoms with Crippen LogP contribution in [0.3, 0.4) is 0 Å². The lowest BCUT2D eigenvalue weighted by atomic mass is 10.0. The number of pyridine rings is 1. The van der Waals surface area contributed by atoms with Crippen LogP contribution < -0.4 is 24.8 Å². The molecule has 4 aliphatic rings. The van der Waals surface area contributed by atoms with Crippen LogP contribution in [-0.4, -0.2) is 105 Å². The van der Waals surface area contributed by atoms with Crippen LogP contribution in [-0.2, 0) is 31.5 Å². The van der Waals surface area contributed by atoms with Crippen LogP contribution in [0.4, 0.5) is 0 Å². The minimum Gasteiger partial charge on any atom is -0.496 e. The number of carbonyl (C=O) groups is 4. The molecule has 0 radical (unpaired) electrons. The summed E-state index contributed by atoms with van der Waals surface area (Å²) < 4.78 is 37.0. The van der Waals surface area contributed by atoms with E-state index < -0.39 is 34.1 Å². The van der Waals surface area contributed by atoms with Gasteiger partial charge in [-0.05, 0) is 70.4 Å². The van der Waals surface area contributed by atoms with Crippen LogP contribution >= 0.6 is 11.3 Å². The number of amides is 4. The average Bonchev–Trinajstić information content (AvgIpc) is 3.97. The maximum Gasteiger partial charge on any atom is 0.291 e. The van der Waals surface area contributed by atoms with E-state index in [2.05, 4.69) is 59.0 Å². The second kappa shape index (κ2) is 18.5. The summed E-state index contributed by atoms with van der Waals surface area (Å²) in [6, 6.07) is 4.06. The second-order valence-electron chi connectivity index (χ2n) is 17.0. The molecule has 8 rings (SSSR count). The Morgan fingerprint density at radius 3 is 2.58 bits per heavy atom. The maximum atomic E-state index is 14.6. The Morgan fingerprint density at radius 2 is 1.90 bits per heavy atom. The van der Waals surface area contributed by atoms with Crippen molar-refractivity contribution in [2.75, 3.05) is 13.7 Å². The van der Waals surface area contributed by atoms with Gasteiger partial charge in [-0.15, -0.1) is 16.4 Å². The van der Waals surface area contributed by atoms with Crippen molar-refractivity contribution < 1.29 is 37.1 Å². The van der Waals surface area contributed by atoms with Crippen molar-refractivity contribution in [3.05, 3.63) is 59.1 Å². The smallest absolute Gasteiger partial charge is 0.291 e. The minimum absolute atomic E-state index is 0.0148. The van der Waals surface area contributed by atoms with E-state index in [-0.39, 0.29) is 59.6 Å². The lowest BCUT2D eigenvalue weighted by Gasteiger charge is -2.29. The first kappa shape index (κ1) is 44.6. The molecule has 19 heteroatoms. The summed E-state index contributed by atoms with van der Waals surface area (Å²) in [6.07, 6.45) is 12.0. The molecule has 4 amide bonds. The summed E-state index contributed by atoms with van der Waals surface area (Å²) in [7, 11) is 0.0585. The highest BCUT2D eigenvalue weighted by molar-refractivity contribution is 7.90. The highest BCUT2D eigenvalue weighted by Gasteiger charge is 2.52. The van der Waals surface area contributed by atoms with Gasteiger partial charge >= 0.3 is 0 Å². The maximum absolute atomic E-state index is 14.6. The molecule has 3 aromatic heterocycles. The van der Waals surface area contributed by atoms with Crippen LogP contribution in [0.2, 0.25) is 0 Å². The predicted octanol–water partition coefficient (Wildman–Crippen LogP) is 4.71. The number of carbonyl (C=O) groups excluding carboxylic acids is 4. The first-order chi connectivity index (χ1) is 29.6. The largest absolute Gasteiger partial charge is 0.496 e. The number of ether oxygens (including phenoxy) is 2. The van der Waals surface area contributed by atoms with Gasteiger partial charge < -0.3 is 25.0 Å². The number of fused-ring (bicyclic) bond motifs is 3. The molecule has 62 heavy (non-hydrogen) atoms. The third-order valence-corrected chi connectivity index (χ3v) is 14.5. The van der Waals surface area contributed by atoms with E-state index in [0.29, 0.717) is 36.5 Å². The molecule has 2 aliphatic heterocycles. The van der Waals surface area contributed by atoms with Gasteiger partial charge in [0.15, 0.2) is 0 Å².